The van der Waals surface area contributed by atoms with Gasteiger partial charge in [0.05, 0.1) is 5.03 Å². The largest absolute Gasteiger partial charge is 0.349 e. The Balaban J connectivity index is 1.44. The lowest BCUT2D eigenvalue weighted by molar-refractivity contribution is 0.0976. The first-order valence-corrected chi connectivity index (χ1v) is 14.2. The maximum absolute atomic E-state index is 12.9. The van der Waals surface area contributed by atoms with Crippen molar-refractivity contribution in [3.8, 4) is 0 Å². The Hall–Kier alpha value is -2.44. The van der Waals surface area contributed by atoms with Crippen molar-refractivity contribution in [1.29, 1.82) is 0 Å². The van der Waals surface area contributed by atoms with Crippen LogP contribution in [-0.4, -0.2) is 59.1 Å². The van der Waals surface area contributed by atoms with Crippen LogP contribution in [0.5, 0.6) is 0 Å². The zero-order valence-corrected chi connectivity index (χ0v) is 22.0. The molecule has 35 heavy (non-hydrogen) atoms. The first-order valence-electron chi connectivity index (χ1n) is 13.2. The van der Waals surface area contributed by atoms with E-state index in [-0.39, 0.29) is 12.1 Å². The Kier molecular flexibility index (Phi) is 7.40. The predicted octanol–water partition coefficient (Wildman–Crippen LogP) is 6.00. The van der Waals surface area contributed by atoms with E-state index < -0.39 is 0 Å². The van der Waals surface area contributed by atoms with Crippen LogP contribution >= 0.6 is 11.8 Å². The van der Waals surface area contributed by atoms with Crippen molar-refractivity contribution in [2.75, 3.05) is 26.2 Å². The predicted molar refractivity (Wildman–Crippen MR) is 146 cm³/mol. The lowest BCUT2D eigenvalue weighted by Crippen LogP contribution is -2.57. The number of urea groups is 1. The van der Waals surface area contributed by atoms with Crippen molar-refractivity contribution in [3.05, 3.63) is 65.2 Å². The molecule has 6 heteroatoms. The number of carbonyl (C=O) groups excluding carboxylic acids is 1. The standard InChI is InChI=1S/C29H38N4OS/c1-4-15-33-18-21(30-29(34)32(5-2)6-3)16-23-22-13-10-14-25-27(22)24(17-26(23)33)28(31-25)35-19-20-11-8-7-9-12-20/h7-14,21,23,26,31H,4-6,15-19H2,1-3H3,(H,30,34)/t21-,23?,26+/m0/s1. The fourth-order valence-electron chi connectivity index (χ4n) is 6.13. The van der Waals surface area contributed by atoms with Gasteiger partial charge in [0, 0.05) is 54.3 Å². The molecule has 1 fully saturated rings. The van der Waals surface area contributed by atoms with Crippen molar-refractivity contribution in [1.82, 2.24) is 20.1 Å². The summed E-state index contributed by atoms with van der Waals surface area (Å²) in [5, 5.41) is 6.12. The summed E-state index contributed by atoms with van der Waals surface area (Å²) in [7, 11) is 0. The normalized spacial score (nSPS) is 21.6. The highest BCUT2D eigenvalue weighted by Crippen LogP contribution is 2.46. The number of hydrogen-bond acceptors (Lipinski definition) is 3. The SMILES string of the molecule is CCCN1C[C@@H](NC(=O)N(CC)CC)CC2c3cccc4[nH]c(SCc5ccccc5)c(c34)C[C@H]21. The van der Waals surface area contributed by atoms with Crippen LogP contribution in [0.2, 0.25) is 0 Å². The van der Waals surface area contributed by atoms with E-state index in [2.05, 4.69) is 70.7 Å². The molecule has 2 N–H and O–H groups in total. The highest BCUT2D eigenvalue weighted by atomic mass is 32.2. The summed E-state index contributed by atoms with van der Waals surface area (Å²) in [6.07, 6.45) is 3.21. The van der Waals surface area contributed by atoms with Crippen LogP contribution in [0.25, 0.3) is 10.9 Å². The molecule has 0 saturated carbocycles. The first kappa shape index (κ1) is 24.3. The number of hydrogen-bond donors (Lipinski definition) is 2. The van der Waals surface area contributed by atoms with Gasteiger partial charge in [-0.25, -0.2) is 4.79 Å². The Labute approximate surface area is 213 Å². The number of piperidine rings is 1. The van der Waals surface area contributed by atoms with E-state index in [1.165, 1.54) is 32.6 Å². The van der Waals surface area contributed by atoms with Gasteiger partial charge in [0.25, 0.3) is 0 Å². The zero-order valence-electron chi connectivity index (χ0n) is 21.2. The van der Waals surface area contributed by atoms with E-state index in [1.807, 2.05) is 30.5 Å². The Morgan fingerprint density at radius 1 is 1.11 bits per heavy atom. The summed E-state index contributed by atoms with van der Waals surface area (Å²) in [6.45, 7) is 9.85. The number of benzene rings is 2. The topological polar surface area (TPSA) is 51.4 Å². The van der Waals surface area contributed by atoms with Crippen LogP contribution in [0.3, 0.4) is 0 Å². The lowest BCUT2D eigenvalue weighted by atomic mass is 9.73. The molecule has 1 aliphatic heterocycles. The number of nitrogens with one attached hydrogen (secondary N) is 2. The van der Waals surface area contributed by atoms with Crippen LogP contribution in [-0.2, 0) is 12.2 Å². The van der Waals surface area contributed by atoms with Gasteiger partial charge < -0.3 is 15.2 Å². The number of H-pyrrole nitrogens is 1. The van der Waals surface area contributed by atoms with Crippen molar-refractivity contribution in [2.45, 2.75) is 68.8 Å². The zero-order chi connectivity index (χ0) is 24.4. The van der Waals surface area contributed by atoms with Gasteiger partial charge in [-0.15, -0.1) is 11.8 Å². The maximum atomic E-state index is 12.9. The van der Waals surface area contributed by atoms with E-state index in [9.17, 15) is 4.79 Å². The molecule has 2 aromatic carbocycles. The maximum Gasteiger partial charge on any atom is 0.317 e. The minimum Gasteiger partial charge on any atom is -0.349 e. The molecule has 0 spiro atoms. The van der Waals surface area contributed by atoms with E-state index in [0.717, 1.165) is 51.2 Å². The highest BCUT2D eigenvalue weighted by Gasteiger charge is 2.42. The highest BCUT2D eigenvalue weighted by molar-refractivity contribution is 7.98. The van der Waals surface area contributed by atoms with Crippen LogP contribution in [0.4, 0.5) is 4.79 Å². The van der Waals surface area contributed by atoms with Crippen LogP contribution in [0.1, 0.15) is 56.2 Å². The molecule has 1 saturated heterocycles. The fraction of sp³-hybridized carbons (Fsp3) is 0.483. The molecule has 186 valence electrons. The van der Waals surface area contributed by atoms with Gasteiger partial charge >= 0.3 is 6.03 Å². The molecule has 1 aromatic heterocycles. The summed E-state index contributed by atoms with van der Waals surface area (Å²) in [5.41, 5.74) is 5.56. The quantitative estimate of drug-likeness (QED) is 0.381. The number of amides is 2. The summed E-state index contributed by atoms with van der Waals surface area (Å²) in [5.74, 6) is 1.42. The van der Waals surface area contributed by atoms with Crippen molar-refractivity contribution < 1.29 is 4.79 Å². The third kappa shape index (κ3) is 4.83. The molecule has 1 unspecified atom stereocenters. The molecule has 0 bridgehead atoms. The molecule has 5 nitrogen and oxygen atoms in total. The van der Waals surface area contributed by atoms with E-state index in [0.29, 0.717) is 12.0 Å². The molecule has 5 rings (SSSR count). The second-order valence-electron chi connectivity index (χ2n) is 9.90. The second-order valence-corrected chi connectivity index (χ2v) is 10.9. The first-order chi connectivity index (χ1) is 17.1. The van der Waals surface area contributed by atoms with Gasteiger partial charge in [0.2, 0.25) is 0 Å². The Morgan fingerprint density at radius 2 is 1.91 bits per heavy atom. The van der Waals surface area contributed by atoms with Crippen molar-refractivity contribution in [3.63, 3.8) is 0 Å². The third-order valence-electron chi connectivity index (χ3n) is 7.78. The van der Waals surface area contributed by atoms with Crippen molar-refractivity contribution in [2.24, 2.45) is 0 Å². The Morgan fingerprint density at radius 3 is 2.66 bits per heavy atom. The number of fused-ring (bicyclic) bond motifs is 2. The molecule has 3 aromatic rings. The average Bonchev–Trinajstić information content (AvgIpc) is 3.23. The van der Waals surface area contributed by atoms with E-state index in [1.54, 1.807) is 0 Å². The van der Waals surface area contributed by atoms with E-state index >= 15 is 0 Å². The van der Waals surface area contributed by atoms with Gasteiger partial charge in [-0.1, -0.05) is 49.4 Å². The van der Waals surface area contributed by atoms with Gasteiger partial charge in [0.15, 0.2) is 0 Å². The number of aromatic nitrogens is 1. The lowest BCUT2D eigenvalue weighted by Gasteiger charge is -2.47. The van der Waals surface area contributed by atoms with Crippen LogP contribution in [0.15, 0.2) is 53.6 Å². The average molecular weight is 491 g/mol. The minimum atomic E-state index is 0.0749. The summed E-state index contributed by atoms with van der Waals surface area (Å²) in [4.78, 5) is 21.2. The fourth-order valence-corrected chi connectivity index (χ4v) is 7.18. The molecular formula is C29H38N4OS. The molecule has 3 atom stereocenters. The van der Waals surface area contributed by atoms with Crippen LogP contribution < -0.4 is 5.32 Å². The van der Waals surface area contributed by atoms with Gasteiger partial charge in [0.1, 0.15) is 0 Å². The van der Waals surface area contributed by atoms with Crippen molar-refractivity contribution >= 4 is 28.7 Å². The summed E-state index contributed by atoms with van der Waals surface area (Å²) in [6, 6.07) is 18.2. The summed E-state index contributed by atoms with van der Waals surface area (Å²) < 4.78 is 0. The molecule has 2 heterocycles. The number of likely N-dealkylation sites (tertiary alicyclic amines) is 1. The van der Waals surface area contributed by atoms with Crippen LogP contribution in [0, 0.1) is 0 Å². The van der Waals surface area contributed by atoms with Gasteiger partial charge in [-0.05, 0) is 62.4 Å². The second kappa shape index (κ2) is 10.7. The molecule has 2 amide bonds. The molecule has 0 radical (unpaired) electrons. The smallest absolute Gasteiger partial charge is 0.317 e. The minimum absolute atomic E-state index is 0.0749. The summed E-state index contributed by atoms with van der Waals surface area (Å²) >= 11 is 1.93. The molecular weight excluding hydrogens is 452 g/mol. The monoisotopic (exact) mass is 490 g/mol. The number of aromatic amines is 1. The number of nitrogens with zero attached hydrogens (tertiary/aromatic N) is 2. The Bertz CT molecular complexity index is 1160. The third-order valence-corrected chi connectivity index (χ3v) is 8.89. The molecule has 2 aliphatic rings. The number of rotatable bonds is 8. The van der Waals surface area contributed by atoms with E-state index in [4.69, 9.17) is 0 Å². The number of carbonyl (C=O) groups is 1. The number of thioether (sulfide) groups is 1. The van der Waals surface area contributed by atoms with Gasteiger partial charge in [-0.3, -0.25) is 4.90 Å². The molecule has 1 aliphatic carbocycles. The van der Waals surface area contributed by atoms with Gasteiger partial charge in [-0.2, -0.15) is 0 Å².